The van der Waals surface area contributed by atoms with Gasteiger partial charge in [0.2, 0.25) is 15.8 Å². The molecule has 3 aromatic carbocycles. The van der Waals surface area contributed by atoms with Crippen molar-refractivity contribution >= 4 is 27.4 Å². The molecule has 0 unspecified atom stereocenters. The average molecular weight is 500 g/mol. The first-order valence-electron chi connectivity index (χ1n) is 11.6. The highest BCUT2D eigenvalue weighted by Crippen LogP contribution is 2.25. The molecule has 8 nitrogen and oxygen atoms in total. The van der Waals surface area contributed by atoms with Crippen molar-refractivity contribution in [1.29, 1.82) is 0 Å². The monoisotopic (exact) mass is 499 g/mol. The number of hydrogen-bond acceptors (Lipinski definition) is 7. The maximum absolute atomic E-state index is 12.8. The van der Waals surface area contributed by atoms with Gasteiger partial charge in [-0.15, -0.1) is 0 Å². The van der Waals surface area contributed by atoms with Gasteiger partial charge in [-0.05, 0) is 54.6 Å². The molecule has 1 amide bonds. The molecule has 2 N–H and O–H groups in total. The Morgan fingerprint density at radius 2 is 1.50 bits per heavy atom. The largest absolute Gasteiger partial charge is 0.336 e. The molecule has 1 saturated heterocycles. The molecule has 0 spiro atoms. The Kier molecular flexibility index (Phi) is 6.75. The smallest absolute Gasteiger partial charge is 0.253 e. The Labute approximate surface area is 210 Å². The summed E-state index contributed by atoms with van der Waals surface area (Å²) in [5, 5.41) is 6.41. The Balaban J connectivity index is 1.29. The van der Waals surface area contributed by atoms with Crippen LogP contribution in [0.3, 0.4) is 0 Å². The highest BCUT2D eigenvalue weighted by atomic mass is 32.2. The first kappa shape index (κ1) is 23.7. The molecule has 4 aromatic rings. The van der Waals surface area contributed by atoms with Gasteiger partial charge in [-0.3, -0.25) is 4.79 Å². The quantitative estimate of drug-likeness (QED) is 0.416. The van der Waals surface area contributed by atoms with E-state index in [1.807, 2.05) is 17.0 Å². The van der Waals surface area contributed by atoms with Crippen LogP contribution in [-0.4, -0.2) is 55.4 Å². The van der Waals surface area contributed by atoms with Crippen LogP contribution in [0.5, 0.6) is 0 Å². The van der Waals surface area contributed by atoms with E-state index in [0.29, 0.717) is 30.3 Å². The minimum atomic E-state index is -3.58. The summed E-state index contributed by atoms with van der Waals surface area (Å²) in [6.07, 6.45) is 1.64. The van der Waals surface area contributed by atoms with E-state index in [2.05, 4.69) is 20.6 Å². The van der Waals surface area contributed by atoms with Gasteiger partial charge in [0, 0.05) is 49.2 Å². The fourth-order valence-corrected chi connectivity index (χ4v) is 5.28. The third kappa shape index (κ3) is 5.12. The van der Waals surface area contributed by atoms with Crippen molar-refractivity contribution in [2.75, 3.05) is 31.5 Å². The van der Waals surface area contributed by atoms with E-state index in [-0.39, 0.29) is 15.7 Å². The van der Waals surface area contributed by atoms with E-state index in [1.165, 1.54) is 0 Å². The van der Waals surface area contributed by atoms with Gasteiger partial charge in [0.05, 0.1) is 15.5 Å². The summed E-state index contributed by atoms with van der Waals surface area (Å²) in [4.78, 5) is 23.8. The molecule has 1 fully saturated rings. The zero-order valence-electron chi connectivity index (χ0n) is 19.5. The van der Waals surface area contributed by atoms with Crippen LogP contribution >= 0.6 is 0 Å². The molecule has 1 aliphatic heterocycles. The van der Waals surface area contributed by atoms with Crippen LogP contribution in [0.15, 0.2) is 101 Å². The lowest BCUT2D eigenvalue weighted by Gasteiger charge is -2.27. The van der Waals surface area contributed by atoms with Crippen LogP contribution in [0.4, 0.5) is 11.6 Å². The summed E-state index contributed by atoms with van der Waals surface area (Å²) in [6, 6.07) is 24.0. The molecule has 0 aliphatic carbocycles. The fraction of sp³-hybridized carbons (Fsp3) is 0.148. The Morgan fingerprint density at radius 3 is 2.19 bits per heavy atom. The second kappa shape index (κ2) is 10.3. The van der Waals surface area contributed by atoms with Crippen molar-refractivity contribution in [3.8, 4) is 11.3 Å². The number of amides is 1. The molecule has 0 saturated carbocycles. The number of carbonyl (C=O) groups excluding carboxylic acids is 1. The van der Waals surface area contributed by atoms with Crippen molar-refractivity contribution in [2.24, 2.45) is 0 Å². The number of rotatable bonds is 6. The number of sulfone groups is 1. The van der Waals surface area contributed by atoms with Gasteiger partial charge in [0.1, 0.15) is 0 Å². The lowest BCUT2D eigenvalue weighted by Crippen LogP contribution is -2.46. The van der Waals surface area contributed by atoms with Gasteiger partial charge in [0.25, 0.3) is 5.91 Å². The topological polar surface area (TPSA) is 104 Å². The highest BCUT2D eigenvalue weighted by Gasteiger charge is 2.18. The molecular weight excluding hydrogens is 474 g/mol. The molecule has 9 heteroatoms. The van der Waals surface area contributed by atoms with E-state index in [0.717, 1.165) is 24.3 Å². The van der Waals surface area contributed by atoms with Crippen molar-refractivity contribution in [3.05, 3.63) is 96.7 Å². The SMILES string of the molecule is O=C(c1ccc(Nc2nccc(-c3ccc(S(=O)(=O)c4ccccc4)cc3)n2)cc1)N1CCNCC1. The first-order chi connectivity index (χ1) is 17.5. The standard InChI is InChI=1S/C27H25N5O3S/c33-26(32-18-16-28-17-19-32)21-6-10-22(11-7-21)30-27-29-15-14-25(31-27)20-8-12-24(13-9-20)36(34,35)23-4-2-1-3-5-23/h1-15,28H,16-19H2,(H,29,30,31). The predicted molar refractivity (Wildman–Crippen MR) is 138 cm³/mol. The number of hydrogen-bond donors (Lipinski definition) is 2. The third-order valence-electron chi connectivity index (χ3n) is 5.96. The summed E-state index contributed by atoms with van der Waals surface area (Å²) in [5.74, 6) is 0.425. The van der Waals surface area contributed by atoms with Crippen LogP contribution in [0.1, 0.15) is 10.4 Å². The molecule has 182 valence electrons. The van der Waals surface area contributed by atoms with Crippen LogP contribution in [0, 0.1) is 0 Å². The molecule has 1 aliphatic rings. The zero-order chi connectivity index (χ0) is 25.0. The Hall–Kier alpha value is -4.08. The minimum absolute atomic E-state index is 0.0269. The number of nitrogens with zero attached hydrogens (tertiary/aromatic N) is 3. The van der Waals surface area contributed by atoms with Gasteiger partial charge in [-0.1, -0.05) is 30.3 Å². The number of benzene rings is 3. The molecule has 36 heavy (non-hydrogen) atoms. The fourth-order valence-electron chi connectivity index (χ4n) is 4.00. The highest BCUT2D eigenvalue weighted by molar-refractivity contribution is 7.91. The van der Waals surface area contributed by atoms with E-state index < -0.39 is 9.84 Å². The molecule has 0 bridgehead atoms. The summed E-state index contributed by atoms with van der Waals surface area (Å²) in [6.45, 7) is 3.03. The zero-order valence-corrected chi connectivity index (χ0v) is 20.3. The van der Waals surface area contributed by atoms with E-state index in [9.17, 15) is 13.2 Å². The van der Waals surface area contributed by atoms with Crippen LogP contribution in [0.2, 0.25) is 0 Å². The van der Waals surface area contributed by atoms with E-state index in [4.69, 9.17) is 0 Å². The van der Waals surface area contributed by atoms with Crippen molar-refractivity contribution in [1.82, 2.24) is 20.2 Å². The number of piperazine rings is 1. The average Bonchev–Trinajstić information content (AvgIpc) is 2.94. The summed E-state index contributed by atoms with van der Waals surface area (Å²) >= 11 is 0. The minimum Gasteiger partial charge on any atom is -0.336 e. The molecular formula is C27H25N5O3S. The number of nitrogens with one attached hydrogen (secondary N) is 2. The van der Waals surface area contributed by atoms with Gasteiger partial charge in [-0.25, -0.2) is 18.4 Å². The van der Waals surface area contributed by atoms with E-state index >= 15 is 0 Å². The Morgan fingerprint density at radius 1 is 0.833 bits per heavy atom. The molecule has 0 atom stereocenters. The summed E-state index contributed by atoms with van der Waals surface area (Å²) in [5.41, 5.74) is 2.82. The van der Waals surface area contributed by atoms with Crippen LogP contribution in [0.25, 0.3) is 11.3 Å². The second-order valence-corrected chi connectivity index (χ2v) is 10.3. The summed E-state index contributed by atoms with van der Waals surface area (Å²) in [7, 11) is -3.58. The van der Waals surface area contributed by atoms with Crippen molar-refractivity contribution in [3.63, 3.8) is 0 Å². The van der Waals surface area contributed by atoms with Gasteiger partial charge in [-0.2, -0.15) is 0 Å². The number of anilines is 2. The molecule has 5 rings (SSSR count). The maximum atomic E-state index is 12.8. The van der Waals surface area contributed by atoms with Crippen molar-refractivity contribution in [2.45, 2.75) is 9.79 Å². The normalized spacial score (nSPS) is 13.8. The van der Waals surface area contributed by atoms with Gasteiger partial charge >= 0.3 is 0 Å². The van der Waals surface area contributed by atoms with Gasteiger partial charge < -0.3 is 15.5 Å². The molecule has 0 radical (unpaired) electrons. The lowest BCUT2D eigenvalue weighted by molar-refractivity contribution is 0.0736. The first-order valence-corrected chi connectivity index (χ1v) is 13.1. The lowest BCUT2D eigenvalue weighted by atomic mass is 10.1. The number of carbonyl (C=O) groups is 1. The maximum Gasteiger partial charge on any atom is 0.253 e. The molecule has 1 aromatic heterocycles. The summed E-state index contributed by atoms with van der Waals surface area (Å²) < 4.78 is 25.7. The Bertz CT molecular complexity index is 1450. The van der Waals surface area contributed by atoms with Crippen LogP contribution in [-0.2, 0) is 9.84 Å². The van der Waals surface area contributed by atoms with Gasteiger partial charge in [0.15, 0.2) is 0 Å². The second-order valence-electron chi connectivity index (χ2n) is 8.35. The van der Waals surface area contributed by atoms with Crippen molar-refractivity contribution < 1.29 is 13.2 Å². The third-order valence-corrected chi connectivity index (χ3v) is 7.75. The van der Waals surface area contributed by atoms with E-state index in [1.54, 1.807) is 79.0 Å². The predicted octanol–water partition coefficient (Wildman–Crippen LogP) is 3.77. The number of aromatic nitrogens is 2. The van der Waals surface area contributed by atoms with Crippen LogP contribution < -0.4 is 10.6 Å². The molecule has 2 heterocycles.